The van der Waals surface area contributed by atoms with Gasteiger partial charge in [-0.05, 0) is 17.9 Å². The molecule has 0 saturated heterocycles. The molecule has 0 aliphatic rings. The van der Waals surface area contributed by atoms with Crippen molar-refractivity contribution in [3.63, 3.8) is 0 Å². The van der Waals surface area contributed by atoms with Gasteiger partial charge < -0.3 is 35.6 Å². The summed E-state index contributed by atoms with van der Waals surface area (Å²) in [5.74, 6) is -2.40. The minimum Gasteiger partial charge on any atom is -0.467 e. The van der Waals surface area contributed by atoms with E-state index in [2.05, 4.69) is 20.7 Å². The normalized spacial score (nSPS) is 13.4. The van der Waals surface area contributed by atoms with E-state index in [0.717, 1.165) is 12.7 Å². The van der Waals surface area contributed by atoms with Crippen LogP contribution in [-0.2, 0) is 30.5 Å². The highest BCUT2D eigenvalue weighted by molar-refractivity contribution is 5.93. The third-order valence-corrected chi connectivity index (χ3v) is 4.33. The number of esters is 1. The van der Waals surface area contributed by atoms with E-state index >= 15 is 0 Å². The minimum atomic E-state index is -1.37. The minimum absolute atomic E-state index is 0.0203. The Hall–Kier alpha value is -3.18. The summed E-state index contributed by atoms with van der Waals surface area (Å²) in [6, 6.07) is 5.14. The number of amides is 3. The lowest BCUT2D eigenvalue weighted by Crippen LogP contribution is -2.57. The lowest BCUT2D eigenvalue weighted by Gasteiger charge is -2.24. The van der Waals surface area contributed by atoms with Crippen LogP contribution in [0.3, 0.4) is 0 Å². The third kappa shape index (κ3) is 9.31. The summed E-state index contributed by atoms with van der Waals surface area (Å²) in [6.07, 6.45) is -0.716. The Bertz CT molecular complexity index is 757. The Morgan fingerprint density at radius 2 is 1.44 bits per heavy atom. The highest BCUT2D eigenvalue weighted by Crippen LogP contribution is 2.07. The second kappa shape index (κ2) is 14.0. The van der Waals surface area contributed by atoms with Crippen LogP contribution in [0.1, 0.15) is 25.8 Å². The monoisotopic (exact) mass is 453 g/mol. The van der Waals surface area contributed by atoms with Crippen molar-refractivity contribution >= 4 is 23.9 Å². The molecule has 178 valence electrons. The van der Waals surface area contributed by atoms with E-state index in [1.807, 2.05) is 19.9 Å². The van der Waals surface area contributed by atoms with Crippen molar-refractivity contribution in [2.45, 2.75) is 45.0 Å². The first-order valence-corrected chi connectivity index (χ1v) is 10.1. The zero-order valence-electron chi connectivity index (χ0n) is 18.4. The molecule has 3 amide bonds. The van der Waals surface area contributed by atoms with Crippen molar-refractivity contribution in [1.82, 2.24) is 16.0 Å². The van der Waals surface area contributed by atoms with Gasteiger partial charge >= 0.3 is 12.1 Å². The van der Waals surface area contributed by atoms with E-state index in [9.17, 15) is 29.4 Å². The van der Waals surface area contributed by atoms with Gasteiger partial charge in [-0.1, -0.05) is 44.2 Å². The molecule has 1 aromatic carbocycles. The molecule has 0 unspecified atom stereocenters. The summed E-state index contributed by atoms with van der Waals surface area (Å²) in [5, 5.41) is 25.8. The maximum absolute atomic E-state index is 12.6. The quantitative estimate of drug-likeness (QED) is 0.263. The first kappa shape index (κ1) is 26.9. The van der Waals surface area contributed by atoms with Crippen molar-refractivity contribution in [3.05, 3.63) is 35.9 Å². The topological polar surface area (TPSA) is 163 Å². The van der Waals surface area contributed by atoms with Gasteiger partial charge in [-0.2, -0.15) is 0 Å². The molecule has 11 nitrogen and oxygen atoms in total. The summed E-state index contributed by atoms with van der Waals surface area (Å²) >= 11 is 0. The van der Waals surface area contributed by atoms with E-state index in [4.69, 9.17) is 4.74 Å². The van der Waals surface area contributed by atoms with Crippen molar-refractivity contribution in [2.24, 2.45) is 5.92 Å². The van der Waals surface area contributed by atoms with E-state index < -0.39 is 55.2 Å². The van der Waals surface area contributed by atoms with Gasteiger partial charge in [-0.25, -0.2) is 9.59 Å². The van der Waals surface area contributed by atoms with Crippen LogP contribution in [0.25, 0.3) is 0 Å². The van der Waals surface area contributed by atoms with Crippen molar-refractivity contribution in [3.8, 4) is 0 Å². The number of benzene rings is 1. The Morgan fingerprint density at radius 1 is 0.875 bits per heavy atom. The molecule has 1 rings (SSSR count). The van der Waals surface area contributed by atoms with Crippen LogP contribution in [0.5, 0.6) is 0 Å². The molecule has 0 heterocycles. The Morgan fingerprint density at radius 3 is 1.97 bits per heavy atom. The zero-order chi connectivity index (χ0) is 24.1. The second-order valence-corrected chi connectivity index (χ2v) is 7.40. The van der Waals surface area contributed by atoms with Crippen LogP contribution in [0.2, 0.25) is 0 Å². The fraction of sp³-hybridized carbons (Fsp3) is 0.524. The largest absolute Gasteiger partial charge is 0.467 e. The molecule has 0 saturated carbocycles. The van der Waals surface area contributed by atoms with Gasteiger partial charge in [0.25, 0.3) is 0 Å². The van der Waals surface area contributed by atoms with Crippen molar-refractivity contribution < 1.29 is 38.9 Å². The standard InChI is InChI=1S/C21H31N3O8/c1-13(2)9-15(18(27)23-17(11-26)20(29)31-3)22-19(28)16(10-25)24-21(30)32-12-14-7-5-4-6-8-14/h4-8,13,15-17,25-26H,9-12H2,1-3H3,(H,22,28)(H,23,27)(H,24,30)/t15-,16-,17-/m0/s1. The van der Waals surface area contributed by atoms with E-state index in [1.165, 1.54) is 0 Å². The lowest BCUT2D eigenvalue weighted by atomic mass is 10.0. The number of carbonyl (C=O) groups is 4. The summed E-state index contributed by atoms with van der Waals surface area (Å²) in [6.45, 7) is 2.19. The number of ether oxygens (including phenoxy) is 2. The number of methoxy groups -OCH3 is 1. The molecule has 32 heavy (non-hydrogen) atoms. The van der Waals surface area contributed by atoms with Crippen molar-refractivity contribution in [1.29, 1.82) is 0 Å². The van der Waals surface area contributed by atoms with Gasteiger partial charge in [-0.15, -0.1) is 0 Å². The molecule has 5 N–H and O–H groups in total. The average Bonchev–Trinajstić information content (AvgIpc) is 2.78. The predicted molar refractivity (Wildman–Crippen MR) is 113 cm³/mol. The molecule has 0 spiro atoms. The number of nitrogens with one attached hydrogen (secondary N) is 3. The van der Waals surface area contributed by atoms with Crippen LogP contribution >= 0.6 is 0 Å². The summed E-state index contributed by atoms with van der Waals surface area (Å²) < 4.78 is 9.54. The fourth-order valence-corrected chi connectivity index (χ4v) is 2.67. The molecule has 0 radical (unpaired) electrons. The molecule has 0 bridgehead atoms. The van der Waals surface area contributed by atoms with Crippen LogP contribution in [-0.4, -0.2) is 72.5 Å². The molecule has 0 aliphatic heterocycles. The first-order chi connectivity index (χ1) is 15.2. The molecule has 0 aliphatic carbocycles. The Kier molecular flexibility index (Phi) is 11.7. The van der Waals surface area contributed by atoms with Gasteiger partial charge in [0.05, 0.1) is 20.3 Å². The maximum atomic E-state index is 12.6. The SMILES string of the molecule is COC(=O)[C@H](CO)NC(=O)[C@H](CC(C)C)NC(=O)[C@H](CO)NC(=O)OCc1ccccc1. The van der Waals surface area contributed by atoms with Gasteiger partial charge in [0.15, 0.2) is 6.04 Å². The van der Waals surface area contributed by atoms with Crippen LogP contribution in [0.4, 0.5) is 4.79 Å². The maximum Gasteiger partial charge on any atom is 0.408 e. The number of carbonyl (C=O) groups excluding carboxylic acids is 4. The fourth-order valence-electron chi connectivity index (χ4n) is 2.67. The third-order valence-electron chi connectivity index (χ3n) is 4.33. The molecule has 0 fully saturated rings. The number of hydrogen-bond donors (Lipinski definition) is 5. The smallest absolute Gasteiger partial charge is 0.408 e. The van der Waals surface area contributed by atoms with E-state index in [1.54, 1.807) is 24.3 Å². The predicted octanol–water partition coefficient (Wildman–Crippen LogP) is -0.545. The molecule has 0 aromatic heterocycles. The van der Waals surface area contributed by atoms with Gasteiger partial charge in [0, 0.05) is 0 Å². The summed E-state index contributed by atoms with van der Waals surface area (Å²) in [7, 11) is 1.11. The van der Waals surface area contributed by atoms with Gasteiger partial charge in [0.2, 0.25) is 11.8 Å². The van der Waals surface area contributed by atoms with Gasteiger partial charge in [-0.3, -0.25) is 9.59 Å². The highest BCUT2D eigenvalue weighted by atomic mass is 16.5. The Labute approximate surface area is 186 Å². The number of hydrogen-bond acceptors (Lipinski definition) is 8. The molecule has 1 aromatic rings. The van der Waals surface area contributed by atoms with E-state index in [0.29, 0.717) is 0 Å². The first-order valence-electron chi connectivity index (χ1n) is 10.1. The zero-order valence-corrected chi connectivity index (χ0v) is 18.4. The van der Waals surface area contributed by atoms with Crippen molar-refractivity contribution in [2.75, 3.05) is 20.3 Å². The molecule has 11 heteroatoms. The van der Waals surface area contributed by atoms with Crippen LogP contribution in [0, 0.1) is 5.92 Å². The molecular formula is C21H31N3O8. The summed E-state index contributed by atoms with van der Waals surface area (Å²) in [5.41, 5.74) is 0.741. The van der Waals surface area contributed by atoms with Crippen LogP contribution < -0.4 is 16.0 Å². The second-order valence-electron chi connectivity index (χ2n) is 7.40. The number of rotatable bonds is 12. The highest BCUT2D eigenvalue weighted by Gasteiger charge is 2.30. The molecule has 3 atom stereocenters. The lowest BCUT2D eigenvalue weighted by molar-refractivity contribution is -0.146. The Balaban J connectivity index is 2.73. The van der Waals surface area contributed by atoms with Crippen LogP contribution in [0.15, 0.2) is 30.3 Å². The average molecular weight is 453 g/mol. The number of alkyl carbamates (subject to hydrolysis) is 1. The molecular weight excluding hydrogens is 422 g/mol. The summed E-state index contributed by atoms with van der Waals surface area (Å²) in [4.78, 5) is 48.7. The number of aliphatic hydroxyl groups excluding tert-OH is 2. The van der Waals surface area contributed by atoms with Gasteiger partial charge in [0.1, 0.15) is 18.7 Å². The number of aliphatic hydroxyl groups is 2. The van der Waals surface area contributed by atoms with E-state index in [-0.39, 0.29) is 18.9 Å².